The molecule has 5 heteroatoms. The van der Waals surface area contributed by atoms with Crippen LogP contribution >= 0.6 is 0 Å². The van der Waals surface area contributed by atoms with Crippen LogP contribution in [0.4, 0.5) is 0 Å². The first kappa shape index (κ1) is 16.1. The summed E-state index contributed by atoms with van der Waals surface area (Å²) in [5, 5.41) is 12.9. The standard InChI is InChI=1S/C20H21N3O2/c1-13-8-16-17(10-21-13)14(2)22-11-18(16)19-5-4-15(9-23-19)20(24)6-3-7-25-12-20/h4-5,8-11,24H,3,6-7,12H2,1-2H3/t20-/m1/s1. The molecule has 3 aromatic rings. The molecule has 1 saturated heterocycles. The lowest BCUT2D eigenvalue weighted by Crippen LogP contribution is -2.35. The van der Waals surface area contributed by atoms with Gasteiger partial charge in [0, 0.05) is 53.1 Å². The summed E-state index contributed by atoms with van der Waals surface area (Å²) in [7, 11) is 0. The monoisotopic (exact) mass is 335 g/mol. The van der Waals surface area contributed by atoms with Crippen LogP contribution in [-0.4, -0.2) is 33.3 Å². The molecule has 0 aliphatic carbocycles. The molecule has 0 amide bonds. The number of aryl methyl sites for hydroxylation is 2. The zero-order chi connectivity index (χ0) is 17.4. The Bertz CT molecular complexity index is 916. The van der Waals surface area contributed by atoms with Gasteiger partial charge in [-0.2, -0.15) is 0 Å². The highest BCUT2D eigenvalue weighted by atomic mass is 16.5. The van der Waals surface area contributed by atoms with E-state index in [0.29, 0.717) is 19.6 Å². The van der Waals surface area contributed by atoms with Gasteiger partial charge >= 0.3 is 0 Å². The van der Waals surface area contributed by atoms with E-state index in [0.717, 1.165) is 45.4 Å². The lowest BCUT2D eigenvalue weighted by Gasteiger charge is -2.32. The highest BCUT2D eigenvalue weighted by Gasteiger charge is 2.32. The molecule has 128 valence electrons. The van der Waals surface area contributed by atoms with E-state index in [2.05, 4.69) is 21.0 Å². The Labute approximate surface area is 146 Å². The molecular weight excluding hydrogens is 314 g/mol. The van der Waals surface area contributed by atoms with Gasteiger partial charge in [-0.15, -0.1) is 0 Å². The van der Waals surface area contributed by atoms with Crippen molar-refractivity contribution in [2.45, 2.75) is 32.3 Å². The van der Waals surface area contributed by atoms with Crippen LogP contribution in [0.25, 0.3) is 22.0 Å². The van der Waals surface area contributed by atoms with Crippen molar-refractivity contribution >= 4 is 10.8 Å². The summed E-state index contributed by atoms with van der Waals surface area (Å²) in [5.41, 5.74) is 3.61. The van der Waals surface area contributed by atoms with Crippen molar-refractivity contribution in [3.63, 3.8) is 0 Å². The van der Waals surface area contributed by atoms with Gasteiger partial charge in [-0.05, 0) is 44.2 Å². The molecule has 1 fully saturated rings. The Hall–Kier alpha value is -2.37. The average Bonchev–Trinajstić information content (AvgIpc) is 2.63. The van der Waals surface area contributed by atoms with E-state index in [1.807, 2.05) is 38.4 Å². The van der Waals surface area contributed by atoms with Gasteiger partial charge in [-0.25, -0.2) is 0 Å². The Morgan fingerprint density at radius 3 is 2.64 bits per heavy atom. The fourth-order valence-electron chi connectivity index (χ4n) is 3.41. The molecule has 0 aromatic carbocycles. The third-order valence-corrected chi connectivity index (χ3v) is 4.90. The molecule has 1 aliphatic rings. The molecule has 4 heterocycles. The van der Waals surface area contributed by atoms with Crippen molar-refractivity contribution in [3.05, 3.63) is 53.7 Å². The number of nitrogens with zero attached hydrogens (tertiary/aromatic N) is 3. The lowest BCUT2D eigenvalue weighted by atomic mass is 9.89. The Morgan fingerprint density at radius 1 is 1.04 bits per heavy atom. The molecule has 0 spiro atoms. The van der Waals surface area contributed by atoms with E-state index < -0.39 is 5.60 Å². The maximum absolute atomic E-state index is 10.8. The molecule has 0 bridgehead atoms. The molecule has 5 nitrogen and oxygen atoms in total. The molecule has 25 heavy (non-hydrogen) atoms. The number of fused-ring (bicyclic) bond motifs is 1. The maximum Gasteiger partial charge on any atom is 0.114 e. The van der Waals surface area contributed by atoms with E-state index >= 15 is 0 Å². The Balaban J connectivity index is 1.77. The van der Waals surface area contributed by atoms with Crippen molar-refractivity contribution in [2.75, 3.05) is 13.2 Å². The summed E-state index contributed by atoms with van der Waals surface area (Å²) in [6.07, 6.45) is 7.04. The van der Waals surface area contributed by atoms with Gasteiger partial charge in [0.25, 0.3) is 0 Å². The summed E-state index contributed by atoms with van der Waals surface area (Å²) >= 11 is 0. The second-order valence-electron chi connectivity index (χ2n) is 6.75. The van der Waals surface area contributed by atoms with Gasteiger partial charge in [0.2, 0.25) is 0 Å². The molecular formula is C20H21N3O2. The van der Waals surface area contributed by atoms with E-state index in [1.54, 1.807) is 6.20 Å². The zero-order valence-corrected chi connectivity index (χ0v) is 14.5. The first-order chi connectivity index (χ1) is 12.1. The number of aliphatic hydroxyl groups is 1. The quantitative estimate of drug-likeness (QED) is 0.778. The van der Waals surface area contributed by atoms with Crippen molar-refractivity contribution in [2.24, 2.45) is 0 Å². The number of hydrogen-bond donors (Lipinski definition) is 1. The van der Waals surface area contributed by atoms with E-state index in [1.165, 1.54) is 0 Å². The number of pyridine rings is 3. The number of ether oxygens (including phenoxy) is 1. The Kier molecular flexibility index (Phi) is 3.98. The largest absolute Gasteiger partial charge is 0.383 e. The van der Waals surface area contributed by atoms with Crippen LogP contribution in [0.3, 0.4) is 0 Å². The van der Waals surface area contributed by atoms with Crippen LogP contribution in [0.2, 0.25) is 0 Å². The molecule has 3 aromatic heterocycles. The first-order valence-corrected chi connectivity index (χ1v) is 8.56. The highest BCUT2D eigenvalue weighted by Crippen LogP contribution is 2.32. The van der Waals surface area contributed by atoms with Crippen LogP contribution in [-0.2, 0) is 10.3 Å². The summed E-state index contributed by atoms with van der Waals surface area (Å²) in [6, 6.07) is 5.96. The molecule has 4 rings (SSSR count). The van der Waals surface area contributed by atoms with Crippen molar-refractivity contribution in [1.82, 2.24) is 15.0 Å². The minimum Gasteiger partial charge on any atom is -0.383 e. The SMILES string of the molecule is Cc1cc2c(-c3ccc([C@@]4(O)CCCOC4)cn3)cnc(C)c2cn1. The van der Waals surface area contributed by atoms with E-state index in [9.17, 15) is 5.11 Å². The second kappa shape index (κ2) is 6.17. The van der Waals surface area contributed by atoms with Gasteiger partial charge < -0.3 is 9.84 Å². The van der Waals surface area contributed by atoms with Crippen LogP contribution < -0.4 is 0 Å². The molecule has 1 N–H and O–H groups in total. The highest BCUT2D eigenvalue weighted by molar-refractivity contribution is 5.96. The minimum atomic E-state index is -0.933. The van der Waals surface area contributed by atoms with E-state index in [4.69, 9.17) is 4.74 Å². The van der Waals surface area contributed by atoms with Gasteiger partial charge in [0.15, 0.2) is 0 Å². The molecule has 0 saturated carbocycles. The van der Waals surface area contributed by atoms with Gasteiger partial charge in [0.05, 0.1) is 12.3 Å². The van der Waals surface area contributed by atoms with E-state index in [-0.39, 0.29) is 0 Å². The summed E-state index contributed by atoms with van der Waals surface area (Å²) in [5.74, 6) is 0. The van der Waals surface area contributed by atoms with Crippen molar-refractivity contribution < 1.29 is 9.84 Å². The predicted molar refractivity (Wildman–Crippen MR) is 96.2 cm³/mol. The fraction of sp³-hybridized carbons (Fsp3) is 0.350. The Morgan fingerprint density at radius 2 is 1.92 bits per heavy atom. The number of hydrogen-bond acceptors (Lipinski definition) is 5. The molecule has 0 unspecified atom stereocenters. The summed E-state index contributed by atoms with van der Waals surface area (Å²) < 4.78 is 5.44. The minimum absolute atomic E-state index is 0.327. The van der Waals surface area contributed by atoms with Crippen molar-refractivity contribution in [1.29, 1.82) is 0 Å². The summed E-state index contributed by atoms with van der Waals surface area (Å²) in [4.78, 5) is 13.5. The number of aromatic nitrogens is 3. The van der Waals surface area contributed by atoms with Gasteiger partial charge in [-0.3, -0.25) is 15.0 Å². The van der Waals surface area contributed by atoms with Crippen LogP contribution in [0.15, 0.2) is 36.8 Å². The third-order valence-electron chi connectivity index (χ3n) is 4.90. The normalized spacial score (nSPS) is 20.8. The van der Waals surface area contributed by atoms with Crippen molar-refractivity contribution in [3.8, 4) is 11.3 Å². The molecule has 1 aliphatic heterocycles. The smallest absolute Gasteiger partial charge is 0.114 e. The maximum atomic E-state index is 10.8. The first-order valence-electron chi connectivity index (χ1n) is 8.56. The molecule has 1 atom stereocenters. The van der Waals surface area contributed by atoms with Crippen LogP contribution in [0, 0.1) is 13.8 Å². The summed E-state index contributed by atoms with van der Waals surface area (Å²) in [6.45, 7) is 5.00. The van der Waals surface area contributed by atoms with Gasteiger partial charge in [-0.1, -0.05) is 6.07 Å². The van der Waals surface area contributed by atoms with Gasteiger partial charge in [0.1, 0.15) is 5.60 Å². The predicted octanol–water partition coefficient (Wildman–Crippen LogP) is 3.31. The lowest BCUT2D eigenvalue weighted by molar-refractivity contribution is -0.0904. The van der Waals surface area contributed by atoms with Crippen LogP contribution in [0.1, 0.15) is 29.8 Å². The molecule has 0 radical (unpaired) electrons. The number of rotatable bonds is 2. The average molecular weight is 335 g/mol. The van der Waals surface area contributed by atoms with Crippen LogP contribution in [0.5, 0.6) is 0 Å². The fourth-order valence-corrected chi connectivity index (χ4v) is 3.41. The third kappa shape index (κ3) is 2.90. The zero-order valence-electron chi connectivity index (χ0n) is 14.5. The topological polar surface area (TPSA) is 68.1 Å². The second-order valence-corrected chi connectivity index (χ2v) is 6.75.